The molecule has 0 unspecified atom stereocenters. The van der Waals surface area contributed by atoms with Gasteiger partial charge in [-0.2, -0.15) is 0 Å². The van der Waals surface area contributed by atoms with Crippen molar-refractivity contribution in [2.24, 2.45) is 0 Å². The van der Waals surface area contributed by atoms with Crippen LogP contribution in [-0.4, -0.2) is 60.8 Å². The van der Waals surface area contributed by atoms with Crippen molar-refractivity contribution in [3.63, 3.8) is 0 Å². The number of Topliss-reactive ketones (excluding diaryl/α,β-unsaturated/α-hetero) is 1. The highest BCUT2D eigenvalue weighted by Gasteiger charge is 2.25. The Kier molecular flexibility index (Phi) is 5.62. The maximum Gasteiger partial charge on any atom is 0.236 e. The number of ketones is 1. The molecule has 152 valence electrons. The van der Waals surface area contributed by atoms with E-state index >= 15 is 0 Å². The molecule has 6 heteroatoms. The number of fused-ring (bicyclic) bond motifs is 1. The summed E-state index contributed by atoms with van der Waals surface area (Å²) in [4.78, 5) is 30.2. The lowest BCUT2D eigenvalue weighted by Gasteiger charge is -2.37. The van der Waals surface area contributed by atoms with Crippen LogP contribution in [0.15, 0.2) is 42.5 Å². The molecule has 2 aliphatic rings. The molecule has 0 aliphatic carbocycles. The fourth-order valence-corrected chi connectivity index (χ4v) is 4.16. The molecule has 0 saturated carbocycles. The van der Waals surface area contributed by atoms with E-state index in [-0.39, 0.29) is 17.5 Å². The standard InChI is InChI=1S/C23H26FN3O2/c1-17(28)19-6-7-22(21(24)14-19)26-10-12-27(13-11-26)23(29)16-25-9-8-18-4-2-3-5-20(18)15-25/h2-7,14H,8-13,15-16H2,1H3. The van der Waals surface area contributed by atoms with Crippen molar-refractivity contribution in [1.82, 2.24) is 9.80 Å². The number of hydrogen-bond acceptors (Lipinski definition) is 4. The second kappa shape index (κ2) is 8.33. The fraction of sp³-hybridized carbons (Fsp3) is 0.391. The van der Waals surface area contributed by atoms with Gasteiger partial charge < -0.3 is 9.80 Å². The molecular weight excluding hydrogens is 369 g/mol. The molecule has 4 rings (SSSR count). The minimum absolute atomic E-state index is 0.136. The minimum Gasteiger partial charge on any atom is -0.366 e. The normalized spacial score (nSPS) is 17.2. The summed E-state index contributed by atoms with van der Waals surface area (Å²) in [5, 5.41) is 0. The van der Waals surface area contributed by atoms with E-state index in [1.165, 1.54) is 24.1 Å². The highest BCUT2D eigenvalue weighted by Crippen LogP contribution is 2.23. The van der Waals surface area contributed by atoms with Crippen LogP contribution in [-0.2, 0) is 17.8 Å². The molecule has 0 aromatic heterocycles. The number of halogens is 1. The Morgan fingerprint density at radius 1 is 0.966 bits per heavy atom. The van der Waals surface area contributed by atoms with Crippen LogP contribution in [0.4, 0.5) is 10.1 Å². The summed E-state index contributed by atoms with van der Waals surface area (Å²) in [6, 6.07) is 13.0. The smallest absolute Gasteiger partial charge is 0.236 e. The van der Waals surface area contributed by atoms with E-state index in [9.17, 15) is 14.0 Å². The molecule has 29 heavy (non-hydrogen) atoms. The molecule has 2 aromatic rings. The summed E-state index contributed by atoms with van der Waals surface area (Å²) in [5.41, 5.74) is 3.56. The van der Waals surface area contributed by atoms with Crippen LogP contribution in [0.5, 0.6) is 0 Å². The van der Waals surface area contributed by atoms with Gasteiger partial charge in [-0.1, -0.05) is 24.3 Å². The van der Waals surface area contributed by atoms with E-state index in [4.69, 9.17) is 0 Å². The minimum atomic E-state index is -0.385. The molecule has 1 amide bonds. The predicted octanol–water partition coefficient (Wildman–Crippen LogP) is 2.74. The topological polar surface area (TPSA) is 43.9 Å². The molecule has 2 aliphatic heterocycles. The van der Waals surface area contributed by atoms with Crippen molar-refractivity contribution in [3.8, 4) is 0 Å². The SMILES string of the molecule is CC(=O)c1ccc(N2CCN(C(=O)CN3CCc4ccccc4C3)CC2)c(F)c1. The first-order valence-electron chi connectivity index (χ1n) is 10.1. The molecule has 0 N–H and O–H groups in total. The number of anilines is 1. The maximum atomic E-state index is 14.4. The number of amides is 1. The molecule has 2 heterocycles. The highest BCUT2D eigenvalue weighted by atomic mass is 19.1. The Morgan fingerprint density at radius 2 is 1.69 bits per heavy atom. The zero-order valence-corrected chi connectivity index (χ0v) is 16.7. The van der Waals surface area contributed by atoms with E-state index in [0.717, 1.165) is 19.5 Å². The molecule has 2 aromatic carbocycles. The Labute approximate surface area is 170 Å². The second-order valence-corrected chi connectivity index (χ2v) is 7.82. The van der Waals surface area contributed by atoms with Crippen LogP contribution in [0.2, 0.25) is 0 Å². The third-order valence-corrected chi connectivity index (χ3v) is 5.90. The maximum absolute atomic E-state index is 14.4. The summed E-state index contributed by atoms with van der Waals surface area (Å²) in [7, 11) is 0. The largest absolute Gasteiger partial charge is 0.366 e. The van der Waals surface area contributed by atoms with Crippen LogP contribution in [0.3, 0.4) is 0 Å². The average Bonchev–Trinajstić information content (AvgIpc) is 2.73. The van der Waals surface area contributed by atoms with Crippen LogP contribution in [0, 0.1) is 5.82 Å². The number of nitrogens with zero attached hydrogens (tertiary/aromatic N) is 3. The van der Waals surface area contributed by atoms with Gasteiger partial charge in [-0.15, -0.1) is 0 Å². The van der Waals surface area contributed by atoms with Gasteiger partial charge in [-0.3, -0.25) is 14.5 Å². The Bertz CT molecular complexity index is 922. The third-order valence-electron chi connectivity index (χ3n) is 5.90. The van der Waals surface area contributed by atoms with E-state index < -0.39 is 0 Å². The summed E-state index contributed by atoms with van der Waals surface area (Å²) in [6.07, 6.45) is 0.979. The number of carbonyl (C=O) groups excluding carboxylic acids is 2. The van der Waals surface area contributed by atoms with Gasteiger partial charge in [0.15, 0.2) is 5.78 Å². The molecule has 0 bridgehead atoms. The summed E-state index contributed by atoms with van der Waals surface area (Å²) in [6.45, 7) is 5.91. The van der Waals surface area contributed by atoms with Crippen molar-refractivity contribution in [3.05, 3.63) is 65.0 Å². The van der Waals surface area contributed by atoms with Gasteiger partial charge in [0.2, 0.25) is 5.91 Å². The van der Waals surface area contributed by atoms with Gasteiger partial charge in [0, 0.05) is 44.8 Å². The lowest BCUT2D eigenvalue weighted by molar-refractivity contribution is -0.132. The van der Waals surface area contributed by atoms with E-state index in [1.54, 1.807) is 12.1 Å². The van der Waals surface area contributed by atoms with Crippen LogP contribution in [0.25, 0.3) is 0 Å². The summed E-state index contributed by atoms with van der Waals surface area (Å²) >= 11 is 0. The average molecular weight is 395 g/mol. The first-order chi connectivity index (χ1) is 14.0. The molecule has 5 nitrogen and oxygen atoms in total. The van der Waals surface area contributed by atoms with Crippen molar-refractivity contribution < 1.29 is 14.0 Å². The second-order valence-electron chi connectivity index (χ2n) is 7.82. The quantitative estimate of drug-likeness (QED) is 0.747. The number of hydrogen-bond donors (Lipinski definition) is 0. The molecular formula is C23H26FN3O2. The van der Waals surface area contributed by atoms with Gasteiger partial charge in [-0.25, -0.2) is 4.39 Å². The van der Waals surface area contributed by atoms with E-state index in [0.29, 0.717) is 44.0 Å². The number of benzene rings is 2. The zero-order chi connectivity index (χ0) is 20.4. The van der Waals surface area contributed by atoms with Crippen molar-refractivity contribution in [2.45, 2.75) is 19.9 Å². The predicted molar refractivity (Wildman–Crippen MR) is 111 cm³/mol. The van der Waals surface area contributed by atoms with Gasteiger partial charge in [0.1, 0.15) is 5.82 Å². The molecule has 0 atom stereocenters. The fourth-order valence-electron chi connectivity index (χ4n) is 4.16. The van der Waals surface area contributed by atoms with E-state index in [1.807, 2.05) is 15.9 Å². The third kappa shape index (κ3) is 4.32. The van der Waals surface area contributed by atoms with Gasteiger partial charge in [0.25, 0.3) is 0 Å². The van der Waals surface area contributed by atoms with Crippen LogP contribution in [0.1, 0.15) is 28.4 Å². The molecule has 0 spiro atoms. The zero-order valence-electron chi connectivity index (χ0n) is 16.7. The van der Waals surface area contributed by atoms with Gasteiger partial charge >= 0.3 is 0 Å². The van der Waals surface area contributed by atoms with E-state index in [2.05, 4.69) is 23.1 Å². The monoisotopic (exact) mass is 395 g/mol. The number of carbonyl (C=O) groups is 2. The highest BCUT2D eigenvalue weighted by molar-refractivity contribution is 5.94. The van der Waals surface area contributed by atoms with Crippen molar-refractivity contribution in [2.75, 3.05) is 44.2 Å². The number of rotatable bonds is 4. The lowest BCUT2D eigenvalue weighted by atomic mass is 10.00. The molecule has 1 fully saturated rings. The first-order valence-corrected chi connectivity index (χ1v) is 10.1. The summed E-state index contributed by atoms with van der Waals surface area (Å²) < 4.78 is 14.4. The van der Waals surface area contributed by atoms with Crippen molar-refractivity contribution >= 4 is 17.4 Å². The first kappa shape index (κ1) is 19.6. The Hall–Kier alpha value is -2.73. The van der Waals surface area contributed by atoms with Crippen LogP contribution < -0.4 is 4.90 Å². The van der Waals surface area contributed by atoms with Gasteiger partial charge in [-0.05, 0) is 42.7 Å². The number of piperazine rings is 1. The lowest BCUT2D eigenvalue weighted by Crippen LogP contribution is -2.51. The van der Waals surface area contributed by atoms with Crippen molar-refractivity contribution in [1.29, 1.82) is 0 Å². The Morgan fingerprint density at radius 3 is 2.38 bits per heavy atom. The molecule has 1 saturated heterocycles. The molecule has 0 radical (unpaired) electrons. The van der Waals surface area contributed by atoms with Crippen LogP contribution >= 0.6 is 0 Å². The summed E-state index contributed by atoms with van der Waals surface area (Å²) in [5.74, 6) is -0.396. The Balaban J connectivity index is 1.32. The van der Waals surface area contributed by atoms with Gasteiger partial charge in [0.05, 0.1) is 12.2 Å².